The van der Waals surface area contributed by atoms with Crippen molar-refractivity contribution in [2.75, 3.05) is 7.11 Å². The highest BCUT2D eigenvalue weighted by Crippen LogP contribution is 2.29. The van der Waals surface area contributed by atoms with Crippen LogP contribution >= 0.6 is 0 Å². The summed E-state index contributed by atoms with van der Waals surface area (Å²) in [4.78, 5) is 15.8. The maximum Gasteiger partial charge on any atom is 0.417 e. The first kappa shape index (κ1) is 17.8. The molecule has 2 aromatic rings. The number of nitrogens with one attached hydrogen (secondary N) is 1. The molecular weight excluding hydrogens is 321 g/mol. The molecule has 0 saturated carbocycles. The third-order valence-electron chi connectivity index (χ3n) is 3.52. The lowest BCUT2D eigenvalue weighted by molar-refractivity contribution is -0.137. The maximum atomic E-state index is 12.5. The molecule has 0 saturated heterocycles. The number of pyridine rings is 1. The van der Waals surface area contributed by atoms with Gasteiger partial charge in [-0.3, -0.25) is 9.78 Å². The van der Waals surface area contributed by atoms with Gasteiger partial charge < -0.3 is 10.1 Å². The Balaban J connectivity index is 2.16. The second-order valence-corrected chi connectivity index (χ2v) is 5.37. The van der Waals surface area contributed by atoms with Crippen LogP contribution in [0.3, 0.4) is 0 Å². The van der Waals surface area contributed by atoms with E-state index in [0.717, 1.165) is 23.3 Å². The molecule has 0 radical (unpaired) electrons. The number of hydrogen-bond donors (Lipinski definition) is 1. The van der Waals surface area contributed by atoms with E-state index in [2.05, 4.69) is 10.3 Å². The summed E-state index contributed by atoms with van der Waals surface area (Å²) in [5.41, 5.74) is 0.797. The molecular formula is C17H17F3N2O2. The highest BCUT2D eigenvalue weighted by molar-refractivity contribution is 5.92. The number of methoxy groups -OCH3 is 1. The van der Waals surface area contributed by atoms with Crippen molar-refractivity contribution in [3.05, 3.63) is 58.9 Å². The average molecular weight is 338 g/mol. The smallest absolute Gasteiger partial charge is 0.417 e. The summed E-state index contributed by atoms with van der Waals surface area (Å²) in [6.07, 6.45) is -3.84. The number of aryl methyl sites for hydroxylation is 1. The van der Waals surface area contributed by atoms with Crippen molar-refractivity contribution < 1.29 is 22.7 Å². The highest BCUT2D eigenvalue weighted by atomic mass is 19.4. The number of aromatic nitrogens is 1. The molecule has 1 aromatic carbocycles. The van der Waals surface area contributed by atoms with Gasteiger partial charge in [-0.2, -0.15) is 13.2 Å². The molecule has 4 nitrogen and oxygen atoms in total. The SMILES string of the molecule is COc1ccc(C)cc1[C@@H](C)NC(=O)c1ccc(C(F)(F)F)cn1. The predicted molar refractivity (Wildman–Crippen MR) is 82.9 cm³/mol. The molecule has 1 amide bonds. The van der Waals surface area contributed by atoms with E-state index in [1.54, 1.807) is 13.0 Å². The minimum Gasteiger partial charge on any atom is -0.496 e. The van der Waals surface area contributed by atoms with E-state index >= 15 is 0 Å². The van der Waals surface area contributed by atoms with Crippen molar-refractivity contribution in [1.29, 1.82) is 0 Å². The summed E-state index contributed by atoms with van der Waals surface area (Å²) in [5.74, 6) is 0.0635. The number of hydrogen-bond acceptors (Lipinski definition) is 3. The van der Waals surface area contributed by atoms with E-state index < -0.39 is 23.7 Å². The third-order valence-corrected chi connectivity index (χ3v) is 3.52. The second-order valence-electron chi connectivity index (χ2n) is 5.37. The van der Waals surface area contributed by atoms with Crippen LogP contribution in [0.2, 0.25) is 0 Å². The van der Waals surface area contributed by atoms with Crippen LogP contribution in [0.15, 0.2) is 36.5 Å². The van der Waals surface area contributed by atoms with Gasteiger partial charge in [-0.05, 0) is 32.0 Å². The molecule has 1 aromatic heterocycles. The Kier molecular flexibility index (Phi) is 5.11. The number of carbonyl (C=O) groups excluding carboxylic acids is 1. The molecule has 0 bridgehead atoms. The first-order chi connectivity index (χ1) is 11.2. The molecule has 0 aliphatic carbocycles. The van der Waals surface area contributed by atoms with Gasteiger partial charge in [-0.25, -0.2) is 0 Å². The van der Waals surface area contributed by atoms with Crippen LogP contribution in [0, 0.1) is 6.92 Å². The fraction of sp³-hybridized carbons (Fsp3) is 0.294. The van der Waals surface area contributed by atoms with E-state index in [9.17, 15) is 18.0 Å². The predicted octanol–water partition coefficient (Wildman–Crippen LogP) is 3.91. The van der Waals surface area contributed by atoms with E-state index in [1.807, 2.05) is 19.1 Å². The number of nitrogens with zero attached hydrogens (tertiary/aromatic N) is 1. The summed E-state index contributed by atoms with van der Waals surface area (Å²) in [6, 6.07) is 7.05. The van der Waals surface area contributed by atoms with Crippen LogP contribution in [0.1, 0.15) is 40.1 Å². The maximum absolute atomic E-state index is 12.5. The Morgan fingerprint density at radius 3 is 2.50 bits per heavy atom. The van der Waals surface area contributed by atoms with Crippen LogP contribution in [0.5, 0.6) is 5.75 Å². The number of alkyl halides is 3. The van der Waals surface area contributed by atoms with Crippen LogP contribution < -0.4 is 10.1 Å². The Hall–Kier alpha value is -2.57. The Morgan fingerprint density at radius 2 is 1.96 bits per heavy atom. The molecule has 1 heterocycles. The van der Waals surface area contributed by atoms with Crippen LogP contribution in [0.25, 0.3) is 0 Å². The van der Waals surface area contributed by atoms with Crippen molar-refractivity contribution in [3.63, 3.8) is 0 Å². The fourth-order valence-corrected chi connectivity index (χ4v) is 2.24. The molecule has 1 atom stereocenters. The second kappa shape index (κ2) is 6.90. The minimum absolute atomic E-state index is 0.0820. The molecule has 0 aliphatic rings. The molecule has 128 valence electrons. The summed E-state index contributed by atoms with van der Waals surface area (Å²) in [7, 11) is 1.53. The quantitative estimate of drug-likeness (QED) is 0.920. The van der Waals surface area contributed by atoms with Crippen LogP contribution in [0.4, 0.5) is 13.2 Å². The molecule has 7 heteroatoms. The van der Waals surface area contributed by atoms with Crippen LogP contribution in [-0.2, 0) is 6.18 Å². The van der Waals surface area contributed by atoms with Gasteiger partial charge >= 0.3 is 6.18 Å². The van der Waals surface area contributed by atoms with Gasteiger partial charge in [0.15, 0.2) is 0 Å². The summed E-state index contributed by atoms with van der Waals surface area (Å²) in [5, 5.41) is 2.71. The number of benzene rings is 1. The lowest BCUT2D eigenvalue weighted by Crippen LogP contribution is -2.28. The van der Waals surface area contributed by atoms with E-state index in [4.69, 9.17) is 4.74 Å². The molecule has 0 unspecified atom stereocenters. The normalized spacial score (nSPS) is 12.6. The van der Waals surface area contributed by atoms with Gasteiger partial charge in [0.05, 0.1) is 18.7 Å². The molecule has 1 N–H and O–H groups in total. The number of ether oxygens (including phenoxy) is 1. The average Bonchev–Trinajstić information content (AvgIpc) is 2.54. The Labute approximate surface area is 137 Å². The fourth-order valence-electron chi connectivity index (χ4n) is 2.24. The zero-order valence-electron chi connectivity index (χ0n) is 13.4. The molecule has 24 heavy (non-hydrogen) atoms. The third kappa shape index (κ3) is 4.04. The monoisotopic (exact) mass is 338 g/mol. The minimum atomic E-state index is -4.48. The Bertz CT molecular complexity index is 728. The first-order valence-electron chi connectivity index (χ1n) is 7.21. The molecule has 0 aliphatic heterocycles. The zero-order chi connectivity index (χ0) is 17.9. The van der Waals surface area contributed by atoms with Gasteiger partial charge in [0.2, 0.25) is 0 Å². The zero-order valence-corrected chi connectivity index (χ0v) is 13.4. The molecule has 0 spiro atoms. The van der Waals surface area contributed by atoms with Crippen molar-refractivity contribution in [1.82, 2.24) is 10.3 Å². The summed E-state index contributed by atoms with van der Waals surface area (Å²) < 4.78 is 42.8. The first-order valence-corrected chi connectivity index (χ1v) is 7.21. The van der Waals surface area contributed by atoms with E-state index in [-0.39, 0.29) is 5.69 Å². The Morgan fingerprint density at radius 1 is 1.25 bits per heavy atom. The van der Waals surface area contributed by atoms with E-state index in [0.29, 0.717) is 11.9 Å². The van der Waals surface area contributed by atoms with Gasteiger partial charge in [0.1, 0.15) is 11.4 Å². The van der Waals surface area contributed by atoms with Gasteiger partial charge in [0.25, 0.3) is 5.91 Å². The summed E-state index contributed by atoms with van der Waals surface area (Å²) >= 11 is 0. The topological polar surface area (TPSA) is 51.2 Å². The molecule has 2 rings (SSSR count). The van der Waals surface area contributed by atoms with Gasteiger partial charge in [0, 0.05) is 11.8 Å². The van der Waals surface area contributed by atoms with Gasteiger partial charge in [-0.1, -0.05) is 17.7 Å². The molecule has 0 fully saturated rings. The summed E-state index contributed by atoms with van der Waals surface area (Å²) in [6.45, 7) is 3.67. The van der Waals surface area contributed by atoms with Crippen molar-refractivity contribution in [3.8, 4) is 5.75 Å². The van der Waals surface area contributed by atoms with Gasteiger partial charge in [-0.15, -0.1) is 0 Å². The number of carbonyl (C=O) groups is 1. The van der Waals surface area contributed by atoms with Crippen LogP contribution in [-0.4, -0.2) is 18.0 Å². The van der Waals surface area contributed by atoms with Crippen molar-refractivity contribution in [2.24, 2.45) is 0 Å². The van der Waals surface area contributed by atoms with E-state index in [1.165, 1.54) is 7.11 Å². The van der Waals surface area contributed by atoms with Crippen molar-refractivity contribution >= 4 is 5.91 Å². The number of halogens is 3. The lowest BCUT2D eigenvalue weighted by atomic mass is 10.0. The van der Waals surface area contributed by atoms with Crippen molar-refractivity contribution in [2.45, 2.75) is 26.1 Å². The number of amides is 1. The standard InChI is InChI=1S/C17H17F3N2O2/c1-10-4-7-15(24-3)13(8-10)11(2)22-16(23)14-6-5-12(9-21-14)17(18,19)20/h4-9,11H,1-3H3,(H,22,23)/t11-/m1/s1. The largest absolute Gasteiger partial charge is 0.496 e. The highest BCUT2D eigenvalue weighted by Gasteiger charge is 2.31. The lowest BCUT2D eigenvalue weighted by Gasteiger charge is -2.18. The number of rotatable bonds is 4.